The van der Waals surface area contributed by atoms with Gasteiger partial charge in [0.15, 0.2) is 23.8 Å². The minimum Gasteiger partial charge on any atom is -0.493 e. The molecule has 3 aromatic rings. The SMILES string of the molecule is COc1cc2c(Nc3cc(C(F)(F)F)ccc3Br)ncnc2cc1OC1CO[C@H]2[C@H](F)CO[C@@H]12. The molecule has 2 aromatic carbocycles. The van der Waals surface area contributed by atoms with Crippen LogP contribution in [-0.4, -0.2) is 54.8 Å². The van der Waals surface area contributed by atoms with Crippen LogP contribution >= 0.6 is 15.9 Å². The number of benzene rings is 2. The Hall–Kier alpha value is -2.70. The number of fused-ring (bicyclic) bond motifs is 2. The summed E-state index contributed by atoms with van der Waals surface area (Å²) < 4.78 is 76.3. The van der Waals surface area contributed by atoms with Crippen molar-refractivity contribution in [1.82, 2.24) is 9.97 Å². The first-order valence-electron chi connectivity index (χ1n) is 10.2. The first-order chi connectivity index (χ1) is 16.2. The van der Waals surface area contributed by atoms with E-state index in [1.54, 1.807) is 12.1 Å². The summed E-state index contributed by atoms with van der Waals surface area (Å²) in [5.74, 6) is 0.963. The second-order valence-electron chi connectivity index (χ2n) is 7.83. The Labute approximate surface area is 199 Å². The van der Waals surface area contributed by atoms with E-state index in [2.05, 4.69) is 31.2 Å². The molecule has 2 saturated heterocycles. The molecule has 0 amide bonds. The van der Waals surface area contributed by atoms with Gasteiger partial charge < -0.3 is 24.3 Å². The summed E-state index contributed by atoms with van der Waals surface area (Å²) in [6, 6.07) is 6.53. The molecule has 0 saturated carbocycles. The molecule has 0 spiro atoms. The molecule has 2 fully saturated rings. The molecule has 1 N–H and O–H groups in total. The molecular formula is C22H18BrF4N3O4. The number of ether oxygens (including phenoxy) is 4. The quantitative estimate of drug-likeness (QED) is 0.451. The number of anilines is 2. The van der Waals surface area contributed by atoms with Gasteiger partial charge in [-0.05, 0) is 40.2 Å². The molecule has 5 rings (SSSR count). The molecule has 180 valence electrons. The van der Waals surface area contributed by atoms with Crippen LogP contribution in [0.2, 0.25) is 0 Å². The Balaban J connectivity index is 1.47. The lowest BCUT2D eigenvalue weighted by Gasteiger charge is -2.20. The van der Waals surface area contributed by atoms with Gasteiger partial charge in [0.1, 0.15) is 24.4 Å². The van der Waals surface area contributed by atoms with Gasteiger partial charge in [0, 0.05) is 15.9 Å². The molecule has 3 heterocycles. The second kappa shape index (κ2) is 8.82. The maximum atomic E-state index is 13.9. The fraction of sp³-hybridized carbons (Fsp3) is 0.364. The molecule has 0 bridgehead atoms. The molecule has 1 unspecified atom stereocenters. The smallest absolute Gasteiger partial charge is 0.416 e. The van der Waals surface area contributed by atoms with Gasteiger partial charge in [0.2, 0.25) is 0 Å². The van der Waals surface area contributed by atoms with Gasteiger partial charge in [0.25, 0.3) is 0 Å². The number of rotatable bonds is 5. The normalized spacial score (nSPS) is 24.3. The Morgan fingerprint density at radius 3 is 2.62 bits per heavy atom. The predicted molar refractivity (Wildman–Crippen MR) is 117 cm³/mol. The molecule has 34 heavy (non-hydrogen) atoms. The van der Waals surface area contributed by atoms with E-state index in [-0.39, 0.29) is 24.7 Å². The summed E-state index contributed by atoms with van der Waals surface area (Å²) in [6.07, 6.45) is -6.14. The molecule has 2 aliphatic rings. The van der Waals surface area contributed by atoms with Crippen molar-refractivity contribution < 1.29 is 36.5 Å². The van der Waals surface area contributed by atoms with E-state index in [0.29, 0.717) is 26.9 Å². The minimum absolute atomic E-state index is 0.0442. The van der Waals surface area contributed by atoms with E-state index in [9.17, 15) is 17.6 Å². The van der Waals surface area contributed by atoms with Gasteiger partial charge in [-0.3, -0.25) is 0 Å². The van der Waals surface area contributed by atoms with E-state index in [0.717, 1.165) is 12.1 Å². The highest BCUT2D eigenvalue weighted by molar-refractivity contribution is 9.10. The number of aromatic nitrogens is 2. The zero-order valence-corrected chi connectivity index (χ0v) is 19.2. The molecule has 0 radical (unpaired) electrons. The summed E-state index contributed by atoms with van der Waals surface area (Å²) in [5, 5.41) is 3.43. The Kier molecular flexibility index (Phi) is 5.98. The van der Waals surface area contributed by atoms with Crippen LogP contribution in [0.1, 0.15) is 5.56 Å². The van der Waals surface area contributed by atoms with Gasteiger partial charge in [0.05, 0.1) is 37.1 Å². The fourth-order valence-electron chi connectivity index (χ4n) is 4.02. The average Bonchev–Trinajstić information content (AvgIpc) is 3.37. The monoisotopic (exact) mass is 543 g/mol. The van der Waals surface area contributed by atoms with E-state index in [1.165, 1.54) is 19.5 Å². The zero-order valence-electron chi connectivity index (χ0n) is 17.6. The molecule has 1 aromatic heterocycles. The van der Waals surface area contributed by atoms with Crippen molar-refractivity contribution in [2.75, 3.05) is 25.6 Å². The highest BCUT2D eigenvalue weighted by Crippen LogP contribution is 2.39. The summed E-state index contributed by atoms with van der Waals surface area (Å²) >= 11 is 3.27. The van der Waals surface area contributed by atoms with Crippen LogP contribution in [0.5, 0.6) is 11.5 Å². The van der Waals surface area contributed by atoms with Crippen LogP contribution in [0.4, 0.5) is 29.1 Å². The number of hydrogen-bond acceptors (Lipinski definition) is 7. The van der Waals surface area contributed by atoms with Gasteiger partial charge in [-0.1, -0.05) is 0 Å². The predicted octanol–water partition coefficient (Wildman–Crippen LogP) is 5.05. The van der Waals surface area contributed by atoms with Crippen LogP contribution in [0.25, 0.3) is 10.9 Å². The fourth-order valence-corrected chi connectivity index (χ4v) is 4.37. The van der Waals surface area contributed by atoms with Crippen LogP contribution < -0.4 is 14.8 Å². The van der Waals surface area contributed by atoms with Crippen molar-refractivity contribution in [3.8, 4) is 11.5 Å². The summed E-state index contributed by atoms with van der Waals surface area (Å²) in [5.41, 5.74) is -0.156. The summed E-state index contributed by atoms with van der Waals surface area (Å²) in [6.45, 7) is 0.120. The van der Waals surface area contributed by atoms with Crippen molar-refractivity contribution in [2.45, 2.75) is 30.7 Å². The van der Waals surface area contributed by atoms with Gasteiger partial charge in [-0.25, -0.2) is 14.4 Å². The topological polar surface area (TPSA) is 74.7 Å². The van der Waals surface area contributed by atoms with E-state index >= 15 is 0 Å². The van der Waals surface area contributed by atoms with Crippen molar-refractivity contribution in [3.63, 3.8) is 0 Å². The van der Waals surface area contributed by atoms with Crippen molar-refractivity contribution in [2.24, 2.45) is 0 Å². The molecule has 4 atom stereocenters. The Morgan fingerprint density at radius 2 is 1.85 bits per heavy atom. The van der Waals surface area contributed by atoms with Crippen molar-refractivity contribution in [3.05, 3.63) is 46.7 Å². The van der Waals surface area contributed by atoms with Crippen LogP contribution in [0.15, 0.2) is 41.1 Å². The van der Waals surface area contributed by atoms with E-state index < -0.39 is 36.2 Å². The molecule has 7 nitrogen and oxygen atoms in total. The highest BCUT2D eigenvalue weighted by atomic mass is 79.9. The zero-order chi connectivity index (χ0) is 24.0. The maximum Gasteiger partial charge on any atom is 0.416 e. The Morgan fingerprint density at radius 1 is 1.06 bits per heavy atom. The van der Waals surface area contributed by atoms with Crippen molar-refractivity contribution in [1.29, 1.82) is 0 Å². The number of nitrogens with one attached hydrogen (secondary N) is 1. The van der Waals surface area contributed by atoms with Crippen LogP contribution in [0, 0.1) is 0 Å². The van der Waals surface area contributed by atoms with Gasteiger partial charge in [-0.2, -0.15) is 13.2 Å². The number of halogens is 5. The number of nitrogens with zero attached hydrogens (tertiary/aromatic N) is 2. The third-order valence-electron chi connectivity index (χ3n) is 5.69. The molecule has 0 aliphatic carbocycles. The molecule has 2 aliphatic heterocycles. The third-order valence-corrected chi connectivity index (χ3v) is 6.38. The lowest BCUT2D eigenvalue weighted by molar-refractivity contribution is -0.137. The van der Waals surface area contributed by atoms with Crippen LogP contribution in [0.3, 0.4) is 0 Å². The number of hydrogen-bond donors (Lipinski definition) is 1. The first-order valence-corrected chi connectivity index (χ1v) is 11.0. The van der Waals surface area contributed by atoms with Gasteiger partial charge in [-0.15, -0.1) is 0 Å². The lowest BCUT2D eigenvalue weighted by atomic mass is 10.1. The largest absolute Gasteiger partial charge is 0.493 e. The number of alkyl halides is 4. The lowest BCUT2D eigenvalue weighted by Crippen LogP contribution is -2.33. The summed E-state index contributed by atoms with van der Waals surface area (Å²) in [4.78, 5) is 8.44. The minimum atomic E-state index is -4.49. The van der Waals surface area contributed by atoms with E-state index in [4.69, 9.17) is 18.9 Å². The van der Waals surface area contributed by atoms with Crippen LogP contribution in [-0.2, 0) is 15.7 Å². The second-order valence-corrected chi connectivity index (χ2v) is 8.68. The molecule has 12 heteroatoms. The average molecular weight is 544 g/mol. The molecular weight excluding hydrogens is 526 g/mol. The van der Waals surface area contributed by atoms with E-state index in [1.807, 2.05) is 0 Å². The summed E-state index contributed by atoms with van der Waals surface area (Å²) in [7, 11) is 1.45. The Bertz CT molecular complexity index is 1230. The first kappa shape index (κ1) is 23.1. The number of methoxy groups -OCH3 is 1. The highest BCUT2D eigenvalue weighted by Gasteiger charge is 2.49. The maximum absolute atomic E-state index is 13.9. The van der Waals surface area contributed by atoms with Crippen molar-refractivity contribution >= 4 is 38.3 Å². The third kappa shape index (κ3) is 4.25. The van der Waals surface area contributed by atoms with Gasteiger partial charge >= 0.3 is 6.18 Å². The standard InChI is InChI=1S/C22H18BrF4N3O4/c1-31-16-5-11-14(6-17(16)34-18-8-33-19-13(24)7-32-20(18)19)28-9-29-21(11)30-15-4-10(22(25,26)27)2-3-12(15)23/h2-6,9,13,18-20H,7-8H2,1H3,(H,28,29,30)/t13-,18?,19+,20+/m1/s1.